The van der Waals surface area contributed by atoms with Gasteiger partial charge in [-0.25, -0.2) is 10.1 Å². The van der Waals surface area contributed by atoms with Crippen LogP contribution in [0.4, 0.5) is 0 Å². The fourth-order valence-electron chi connectivity index (χ4n) is 3.12. The van der Waals surface area contributed by atoms with Crippen molar-refractivity contribution in [3.63, 3.8) is 0 Å². The summed E-state index contributed by atoms with van der Waals surface area (Å²) in [6.07, 6.45) is 0.367. The van der Waals surface area contributed by atoms with E-state index >= 15 is 0 Å². The molecule has 0 aliphatic heterocycles. The number of aromatic amines is 1. The van der Waals surface area contributed by atoms with Crippen LogP contribution in [0, 0.1) is 5.92 Å². The Kier molecular flexibility index (Phi) is 6.51. The average Bonchev–Trinajstić information content (AvgIpc) is 3.09. The molecule has 30 heavy (non-hydrogen) atoms. The third-order valence-electron chi connectivity index (χ3n) is 4.59. The second-order valence-electron chi connectivity index (χ2n) is 7.40. The lowest BCUT2D eigenvalue weighted by Gasteiger charge is -2.05. The second-order valence-corrected chi connectivity index (χ2v) is 7.40. The van der Waals surface area contributed by atoms with Crippen LogP contribution in [-0.2, 0) is 4.79 Å². The molecule has 1 amide bonds. The maximum absolute atomic E-state index is 13.3. The summed E-state index contributed by atoms with van der Waals surface area (Å²) in [5.41, 5.74) is 5.29. The molecular formula is C23H26N4O3. The highest BCUT2D eigenvalue weighted by atomic mass is 16.5. The van der Waals surface area contributed by atoms with Gasteiger partial charge in [-0.1, -0.05) is 44.2 Å². The average molecular weight is 406 g/mol. The first-order chi connectivity index (χ1) is 14.4. The van der Waals surface area contributed by atoms with E-state index in [0.717, 1.165) is 5.56 Å². The first-order valence-electron chi connectivity index (χ1n) is 9.79. The molecule has 1 heterocycles. The van der Waals surface area contributed by atoms with Crippen LogP contribution in [-0.4, -0.2) is 28.5 Å². The Bertz CT molecular complexity index is 1090. The Morgan fingerprint density at radius 1 is 1.13 bits per heavy atom. The fourth-order valence-corrected chi connectivity index (χ4v) is 3.12. The molecule has 3 rings (SSSR count). The molecular weight excluding hydrogens is 380 g/mol. The number of benzene rings is 2. The van der Waals surface area contributed by atoms with E-state index in [-0.39, 0.29) is 17.4 Å². The Labute approximate surface area is 175 Å². The number of hydrogen-bond acceptors (Lipinski definition) is 4. The predicted octanol–water partition coefficient (Wildman–Crippen LogP) is 3.73. The van der Waals surface area contributed by atoms with E-state index in [0.29, 0.717) is 34.8 Å². The summed E-state index contributed by atoms with van der Waals surface area (Å²) < 4.78 is 6.66. The summed E-state index contributed by atoms with van der Waals surface area (Å²) >= 11 is 0. The summed E-state index contributed by atoms with van der Waals surface area (Å²) in [7, 11) is 1.59. The first-order valence-corrected chi connectivity index (χ1v) is 9.79. The zero-order valence-electron chi connectivity index (χ0n) is 17.6. The van der Waals surface area contributed by atoms with E-state index in [1.165, 1.54) is 4.68 Å². The van der Waals surface area contributed by atoms with Crippen LogP contribution >= 0.6 is 0 Å². The monoisotopic (exact) mass is 406 g/mol. The third kappa shape index (κ3) is 4.68. The smallest absolute Gasteiger partial charge is 0.281 e. The highest BCUT2D eigenvalue weighted by molar-refractivity contribution is 6.04. The zero-order valence-corrected chi connectivity index (χ0v) is 17.6. The predicted molar refractivity (Wildman–Crippen MR) is 118 cm³/mol. The maximum atomic E-state index is 13.3. The van der Waals surface area contributed by atoms with E-state index in [9.17, 15) is 9.59 Å². The molecule has 0 saturated carbocycles. The van der Waals surface area contributed by atoms with Crippen molar-refractivity contribution in [2.24, 2.45) is 11.0 Å². The van der Waals surface area contributed by atoms with Crippen molar-refractivity contribution in [2.45, 2.75) is 27.2 Å². The SMILES string of the molecule is COc1ccc(-n2[nH]c(-c3ccccc3)c(C(C)=NNC(=O)CC(C)C)c2=O)cc1. The summed E-state index contributed by atoms with van der Waals surface area (Å²) in [5, 5.41) is 7.38. The molecule has 0 radical (unpaired) electrons. The number of hydrazone groups is 1. The molecule has 0 unspecified atom stereocenters. The molecule has 1 aromatic heterocycles. The number of H-pyrrole nitrogens is 1. The van der Waals surface area contributed by atoms with Crippen LogP contribution in [0.15, 0.2) is 64.5 Å². The summed E-state index contributed by atoms with van der Waals surface area (Å²) in [6, 6.07) is 16.7. The third-order valence-corrected chi connectivity index (χ3v) is 4.59. The molecule has 7 heteroatoms. The number of ether oxygens (including phenoxy) is 1. The van der Waals surface area contributed by atoms with Crippen molar-refractivity contribution < 1.29 is 9.53 Å². The van der Waals surface area contributed by atoms with Crippen LogP contribution in [0.1, 0.15) is 32.8 Å². The van der Waals surface area contributed by atoms with Gasteiger partial charge in [0.1, 0.15) is 5.75 Å². The van der Waals surface area contributed by atoms with E-state index < -0.39 is 0 Å². The van der Waals surface area contributed by atoms with Crippen LogP contribution in [0.2, 0.25) is 0 Å². The van der Waals surface area contributed by atoms with Gasteiger partial charge >= 0.3 is 0 Å². The quantitative estimate of drug-likeness (QED) is 0.463. The molecule has 2 aromatic carbocycles. The topological polar surface area (TPSA) is 88.5 Å². The minimum Gasteiger partial charge on any atom is -0.497 e. The van der Waals surface area contributed by atoms with E-state index in [2.05, 4.69) is 15.6 Å². The fraction of sp³-hybridized carbons (Fsp3) is 0.261. The lowest BCUT2D eigenvalue weighted by Crippen LogP contribution is -2.24. The highest BCUT2D eigenvalue weighted by Gasteiger charge is 2.19. The van der Waals surface area contributed by atoms with Gasteiger partial charge in [-0.3, -0.25) is 14.7 Å². The normalized spacial score (nSPS) is 11.6. The standard InChI is InChI=1S/C23H26N4O3/c1-15(2)14-20(28)25-24-16(3)21-22(17-8-6-5-7-9-17)26-27(23(21)29)18-10-12-19(30-4)13-11-18/h5-13,15,26H,14H2,1-4H3,(H,25,28). The van der Waals surface area contributed by atoms with Crippen molar-refractivity contribution in [1.82, 2.24) is 15.2 Å². The minimum atomic E-state index is -0.252. The Morgan fingerprint density at radius 3 is 2.40 bits per heavy atom. The number of aromatic nitrogens is 2. The maximum Gasteiger partial charge on any atom is 0.281 e. The van der Waals surface area contributed by atoms with Crippen molar-refractivity contribution in [3.05, 3.63) is 70.5 Å². The van der Waals surface area contributed by atoms with Gasteiger partial charge in [-0.2, -0.15) is 5.10 Å². The first kappa shape index (κ1) is 21.1. The lowest BCUT2D eigenvalue weighted by molar-refractivity contribution is -0.121. The lowest BCUT2D eigenvalue weighted by atomic mass is 10.1. The zero-order chi connectivity index (χ0) is 21.7. The molecule has 3 aromatic rings. The number of amides is 1. The highest BCUT2D eigenvalue weighted by Crippen LogP contribution is 2.22. The van der Waals surface area contributed by atoms with E-state index in [4.69, 9.17) is 4.74 Å². The van der Waals surface area contributed by atoms with Crippen LogP contribution < -0.4 is 15.7 Å². The molecule has 0 fully saturated rings. The van der Waals surface area contributed by atoms with Gasteiger partial charge in [0.2, 0.25) is 5.91 Å². The number of rotatable bonds is 7. The van der Waals surface area contributed by atoms with Crippen LogP contribution in [0.5, 0.6) is 5.75 Å². The number of nitrogens with one attached hydrogen (secondary N) is 2. The number of carbonyl (C=O) groups is 1. The van der Waals surface area contributed by atoms with Gasteiger partial charge in [-0.05, 0) is 37.1 Å². The van der Waals surface area contributed by atoms with Gasteiger partial charge in [0.05, 0.1) is 29.8 Å². The van der Waals surface area contributed by atoms with Gasteiger partial charge < -0.3 is 4.74 Å². The van der Waals surface area contributed by atoms with Crippen molar-refractivity contribution in [3.8, 4) is 22.7 Å². The largest absolute Gasteiger partial charge is 0.497 e. The van der Waals surface area contributed by atoms with E-state index in [1.54, 1.807) is 38.3 Å². The molecule has 0 aliphatic rings. The number of methoxy groups -OCH3 is 1. The Hall–Kier alpha value is -3.61. The Balaban J connectivity index is 2.07. The van der Waals surface area contributed by atoms with Gasteiger partial charge in [0.15, 0.2) is 0 Å². The summed E-state index contributed by atoms with van der Waals surface area (Å²) in [4.78, 5) is 25.3. The summed E-state index contributed by atoms with van der Waals surface area (Å²) in [6.45, 7) is 5.64. The van der Waals surface area contributed by atoms with Crippen LogP contribution in [0.25, 0.3) is 16.9 Å². The molecule has 7 nitrogen and oxygen atoms in total. The van der Waals surface area contributed by atoms with Gasteiger partial charge in [-0.15, -0.1) is 0 Å². The van der Waals surface area contributed by atoms with Gasteiger partial charge in [0.25, 0.3) is 5.56 Å². The van der Waals surface area contributed by atoms with Gasteiger partial charge in [0, 0.05) is 12.0 Å². The number of carbonyl (C=O) groups excluding carboxylic acids is 1. The molecule has 0 saturated heterocycles. The minimum absolute atomic E-state index is 0.184. The van der Waals surface area contributed by atoms with E-state index in [1.807, 2.05) is 44.2 Å². The summed E-state index contributed by atoms with van der Waals surface area (Å²) in [5.74, 6) is 0.740. The van der Waals surface area contributed by atoms with Crippen LogP contribution in [0.3, 0.4) is 0 Å². The number of hydrogen-bond donors (Lipinski definition) is 2. The van der Waals surface area contributed by atoms with Crippen molar-refractivity contribution in [1.29, 1.82) is 0 Å². The molecule has 0 spiro atoms. The molecule has 156 valence electrons. The molecule has 0 bridgehead atoms. The number of nitrogens with zero attached hydrogens (tertiary/aromatic N) is 2. The Morgan fingerprint density at radius 2 is 1.80 bits per heavy atom. The molecule has 0 atom stereocenters. The molecule has 2 N–H and O–H groups in total. The van der Waals surface area contributed by atoms with Crippen molar-refractivity contribution in [2.75, 3.05) is 7.11 Å². The molecule has 0 aliphatic carbocycles. The van der Waals surface area contributed by atoms with Crippen molar-refractivity contribution >= 4 is 11.6 Å². The second kappa shape index (κ2) is 9.26.